The van der Waals surface area contributed by atoms with Crippen molar-refractivity contribution in [2.45, 2.75) is 11.8 Å². The zero-order valence-corrected chi connectivity index (χ0v) is 14.8. The molecule has 0 aliphatic carbocycles. The van der Waals surface area contributed by atoms with Crippen molar-refractivity contribution in [1.29, 1.82) is 0 Å². The van der Waals surface area contributed by atoms with Crippen molar-refractivity contribution in [2.24, 2.45) is 5.73 Å². The van der Waals surface area contributed by atoms with E-state index in [1.54, 1.807) is 19.1 Å². The highest BCUT2D eigenvalue weighted by atomic mass is 32.2. The summed E-state index contributed by atoms with van der Waals surface area (Å²) in [7, 11) is -3.95. The fourth-order valence-corrected chi connectivity index (χ4v) is 3.55. The van der Waals surface area contributed by atoms with Gasteiger partial charge in [-0.3, -0.25) is 4.79 Å². The van der Waals surface area contributed by atoms with Crippen molar-refractivity contribution in [3.05, 3.63) is 60.4 Å². The number of aryl methyl sites for hydroxylation is 1. The molecule has 3 N–H and O–H groups in total. The van der Waals surface area contributed by atoms with E-state index in [4.69, 9.17) is 10.3 Å². The first-order valence-corrected chi connectivity index (χ1v) is 9.28. The molecule has 1 heterocycles. The van der Waals surface area contributed by atoms with Crippen LogP contribution in [0.15, 0.2) is 64.0 Å². The predicted molar refractivity (Wildman–Crippen MR) is 96.5 cm³/mol. The van der Waals surface area contributed by atoms with Crippen molar-refractivity contribution in [2.75, 3.05) is 6.54 Å². The van der Waals surface area contributed by atoms with Crippen LogP contribution in [-0.4, -0.2) is 26.0 Å². The number of nitrogens with zero attached hydrogens (tertiary/aromatic N) is 1. The number of aromatic nitrogens is 1. The minimum absolute atomic E-state index is 0.0292. The smallest absolute Gasteiger partial charge is 0.264 e. The summed E-state index contributed by atoms with van der Waals surface area (Å²) in [5.74, 6) is -0.147. The van der Waals surface area contributed by atoms with Crippen molar-refractivity contribution in [1.82, 2.24) is 9.88 Å². The minimum atomic E-state index is -3.95. The lowest BCUT2D eigenvalue weighted by molar-refractivity contribution is -0.118. The van der Waals surface area contributed by atoms with E-state index in [9.17, 15) is 13.2 Å². The number of hydrogen-bond donors (Lipinski definition) is 2. The lowest BCUT2D eigenvalue weighted by Gasteiger charge is -2.07. The van der Waals surface area contributed by atoms with E-state index in [-0.39, 0.29) is 4.90 Å². The van der Waals surface area contributed by atoms with Gasteiger partial charge in [-0.15, -0.1) is 0 Å². The SMILES string of the molecule is Cc1onc(-c2ccccc2)c1-c1ccc(S(=O)(=O)NC(=O)CN)cc1. The number of sulfonamides is 1. The Hall–Kier alpha value is -2.97. The zero-order chi connectivity index (χ0) is 18.7. The Morgan fingerprint density at radius 2 is 1.73 bits per heavy atom. The molecule has 26 heavy (non-hydrogen) atoms. The quantitative estimate of drug-likeness (QED) is 0.709. The molecule has 0 fully saturated rings. The van der Waals surface area contributed by atoms with Crippen LogP contribution in [-0.2, 0) is 14.8 Å². The number of carbonyl (C=O) groups excluding carboxylic acids is 1. The van der Waals surface area contributed by atoms with Crippen molar-refractivity contribution >= 4 is 15.9 Å². The molecule has 0 saturated heterocycles. The summed E-state index contributed by atoms with van der Waals surface area (Å²) in [5, 5.41) is 4.12. The lowest BCUT2D eigenvalue weighted by atomic mass is 10.00. The maximum Gasteiger partial charge on any atom is 0.264 e. The van der Waals surface area contributed by atoms with Crippen LogP contribution < -0.4 is 10.5 Å². The maximum absolute atomic E-state index is 12.1. The fourth-order valence-electron chi connectivity index (χ4n) is 2.56. The summed E-state index contributed by atoms with van der Waals surface area (Å²) in [6.07, 6.45) is 0. The summed E-state index contributed by atoms with van der Waals surface area (Å²) in [6.45, 7) is 1.39. The van der Waals surface area contributed by atoms with Gasteiger partial charge >= 0.3 is 0 Å². The van der Waals surface area contributed by atoms with Gasteiger partial charge in [0.2, 0.25) is 5.91 Å². The second-order valence-electron chi connectivity index (χ2n) is 5.59. The molecule has 0 unspecified atom stereocenters. The van der Waals surface area contributed by atoms with Gasteiger partial charge < -0.3 is 10.3 Å². The van der Waals surface area contributed by atoms with Crippen molar-refractivity contribution < 1.29 is 17.7 Å². The largest absolute Gasteiger partial charge is 0.360 e. The topological polar surface area (TPSA) is 115 Å². The average Bonchev–Trinajstić information content (AvgIpc) is 3.03. The zero-order valence-electron chi connectivity index (χ0n) is 14.0. The van der Waals surface area contributed by atoms with Gasteiger partial charge in [-0.2, -0.15) is 0 Å². The maximum atomic E-state index is 12.1. The lowest BCUT2D eigenvalue weighted by Crippen LogP contribution is -2.35. The van der Waals surface area contributed by atoms with Crippen LogP contribution in [0.1, 0.15) is 5.76 Å². The molecule has 0 aliphatic rings. The Kier molecular flexibility index (Phi) is 4.88. The summed E-state index contributed by atoms with van der Waals surface area (Å²) < 4.78 is 31.5. The first-order valence-electron chi connectivity index (χ1n) is 7.80. The second kappa shape index (κ2) is 7.11. The van der Waals surface area contributed by atoms with E-state index in [1.165, 1.54) is 12.1 Å². The molecule has 1 aromatic heterocycles. The highest BCUT2D eigenvalue weighted by Crippen LogP contribution is 2.34. The van der Waals surface area contributed by atoms with Crippen LogP contribution in [0.2, 0.25) is 0 Å². The molecular weight excluding hydrogens is 354 g/mol. The molecule has 0 radical (unpaired) electrons. The summed E-state index contributed by atoms with van der Waals surface area (Å²) in [4.78, 5) is 11.2. The van der Waals surface area contributed by atoms with Crippen molar-refractivity contribution in [3.63, 3.8) is 0 Å². The normalized spacial score (nSPS) is 11.3. The third kappa shape index (κ3) is 3.51. The number of hydrogen-bond acceptors (Lipinski definition) is 6. The van der Waals surface area contributed by atoms with E-state index >= 15 is 0 Å². The van der Waals surface area contributed by atoms with Crippen LogP contribution >= 0.6 is 0 Å². The molecule has 0 bridgehead atoms. The summed E-state index contributed by atoms with van der Waals surface area (Å²) in [6, 6.07) is 15.7. The van der Waals surface area contributed by atoms with Gasteiger partial charge in [-0.25, -0.2) is 13.1 Å². The standard InChI is InChI=1S/C18H17N3O4S/c1-12-17(18(20-25-12)14-5-3-2-4-6-14)13-7-9-15(10-8-13)26(23,24)21-16(22)11-19/h2-10H,11,19H2,1H3,(H,21,22). The van der Waals surface area contributed by atoms with E-state index in [1.807, 2.05) is 35.1 Å². The Labute approximate surface area is 150 Å². The van der Waals surface area contributed by atoms with Gasteiger partial charge in [0.25, 0.3) is 10.0 Å². The van der Waals surface area contributed by atoms with Crippen LogP contribution in [0, 0.1) is 6.92 Å². The molecule has 1 amide bonds. The molecule has 0 spiro atoms. The Balaban J connectivity index is 1.98. The third-order valence-electron chi connectivity index (χ3n) is 3.80. The van der Waals surface area contributed by atoms with Gasteiger partial charge in [-0.1, -0.05) is 47.6 Å². The highest BCUT2D eigenvalue weighted by molar-refractivity contribution is 7.90. The Morgan fingerprint density at radius 3 is 2.35 bits per heavy atom. The van der Waals surface area contributed by atoms with Gasteiger partial charge in [0.05, 0.1) is 17.0 Å². The molecule has 0 atom stereocenters. The minimum Gasteiger partial charge on any atom is -0.360 e. The first-order chi connectivity index (χ1) is 12.4. The molecule has 0 aliphatic heterocycles. The molecule has 8 heteroatoms. The molecule has 2 aromatic carbocycles. The fraction of sp³-hybridized carbons (Fsp3) is 0.111. The molecule has 3 rings (SSSR count). The third-order valence-corrected chi connectivity index (χ3v) is 5.19. The van der Waals surface area contributed by atoms with Crippen LogP contribution in [0.5, 0.6) is 0 Å². The summed E-state index contributed by atoms with van der Waals surface area (Å²) in [5.41, 5.74) is 8.25. The molecule has 0 saturated carbocycles. The molecule has 3 aromatic rings. The monoisotopic (exact) mass is 371 g/mol. The van der Waals surface area contributed by atoms with Crippen LogP contribution in [0.4, 0.5) is 0 Å². The van der Waals surface area contributed by atoms with Crippen molar-refractivity contribution in [3.8, 4) is 22.4 Å². The van der Waals surface area contributed by atoms with Crippen LogP contribution in [0.25, 0.3) is 22.4 Å². The number of carbonyl (C=O) groups is 1. The number of nitrogens with two attached hydrogens (primary N) is 1. The second-order valence-corrected chi connectivity index (χ2v) is 7.27. The summed E-state index contributed by atoms with van der Waals surface area (Å²) >= 11 is 0. The molecule has 7 nitrogen and oxygen atoms in total. The predicted octanol–water partition coefficient (Wildman–Crippen LogP) is 2.08. The number of amides is 1. The number of benzene rings is 2. The molecular formula is C18H17N3O4S. The van der Waals surface area contributed by atoms with Crippen LogP contribution in [0.3, 0.4) is 0 Å². The van der Waals surface area contributed by atoms with E-state index in [0.29, 0.717) is 11.5 Å². The van der Waals surface area contributed by atoms with Gasteiger partial charge in [0, 0.05) is 5.56 Å². The average molecular weight is 371 g/mol. The molecule has 134 valence electrons. The first kappa shape index (κ1) is 17.8. The number of rotatable bonds is 5. The Bertz CT molecular complexity index is 1030. The van der Waals surface area contributed by atoms with Gasteiger partial charge in [-0.05, 0) is 24.6 Å². The van der Waals surface area contributed by atoms with Gasteiger partial charge in [0.1, 0.15) is 11.5 Å². The van der Waals surface area contributed by atoms with E-state index in [2.05, 4.69) is 5.16 Å². The van der Waals surface area contributed by atoms with E-state index < -0.39 is 22.5 Å². The number of nitrogens with one attached hydrogen (secondary N) is 1. The van der Waals surface area contributed by atoms with E-state index in [0.717, 1.165) is 16.7 Å². The Morgan fingerprint density at radius 1 is 1.08 bits per heavy atom. The van der Waals surface area contributed by atoms with Gasteiger partial charge in [0.15, 0.2) is 0 Å². The highest BCUT2D eigenvalue weighted by Gasteiger charge is 2.19.